The summed E-state index contributed by atoms with van der Waals surface area (Å²) in [5.41, 5.74) is 0. The monoisotopic (exact) mass is 136 g/mol. The van der Waals surface area contributed by atoms with Crippen LogP contribution in [0.4, 0.5) is 0 Å². The van der Waals surface area contributed by atoms with Crippen LogP contribution in [-0.2, 0) is 4.79 Å². The molecular formula is C7H8N2O. The second-order valence-electron chi connectivity index (χ2n) is 2.55. The molecule has 1 saturated heterocycles. The van der Waals surface area contributed by atoms with Crippen LogP contribution in [0, 0.1) is 0 Å². The molecule has 1 N–H and O–H groups in total. The first-order valence-corrected chi connectivity index (χ1v) is 3.35. The average Bonchev–Trinajstić information content (AvgIpc) is 2.27. The second kappa shape index (κ2) is 1.94. The fourth-order valence-electron chi connectivity index (χ4n) is 1.31. The Morgan fingerprint density at radius 2 is 2.60 bits per heavy atom. The van der Waals surface area contributed by atoms with E-state index in [1.165, 1.54) is 0 Å². The topological polar surface area (TPSA) is 41.5 Å². The van der Waals surface area contributed by atoms with Crippen LogP contribution in [-0.4, -0.2) is 24.2 Å². The number of aliphatic imine (C=N–C) groups is 1. The summed E-state index contributed by atoms with van der Waals surface area (Å²) in [6.07, 6.45) is 6.14. The van der Waals surface area contributed by atoms with Gasteiger partial charge < -0.3 is 5.32 Å². The maximum atomic E-state index is 10.8. The van der Waals surface area contributed by atoms with E-state index in [4.69, 9.17) is 0 Å². The summed E-state index contributed by atoms with van der Waals surface area (Å²) in [5.74, 6) is 0.110. The normalized spacial score (nSPS) is 35.8. The quantitative estimate of drug-likeness (QED) is 0.495. The second-order valence-corrected chi connectivity index (χ2v) is 2.55. The van der Waals surface area contributed by atoms with Crippen molar-refractivity contribution < 1.29 is 4.79 Å². The van der Waals surface area contributed by atoms with Crippen molar-refractivity contribution in [2.75, 3.05) is 0 Å². The van der Waals surface area contributed by atoms with Crippen molar-refractivity contribution >= 4 is 12.1 Å². The number of carbonyl (C=O) groups is 1. The Bertz CT molecular complexity index is 198. The van der Waals surface area contributed by atoms with Crippen LogP contribution in [0.25, 0.3) is 0 Å². The number of amides is 1. The smallest absolute Gasteiger partial charge is 0.222 e. The van der Waals surface area contributed by atoms with Gasteiger partial charge in [-0.1, -0.05) is 6.08 Å². The van der Waals surface area contributed by atoms with Crippen LogP contribution in [0.2, 0.25) is 0 Å². The number of dihydropyridines is 1. The van der Waals surface area contributed by atoms with Gasteiger partial charge in [0.1, 0.15) is 0 Å². The summed E-state index contributed by atoms with van der Waals surface area (Å²) >= 11 is 0. The number of hydrogen-bond acceptors (Lipinski definition) is 2. The van der Waals surface area contributed by atoms with Crippen LogP contribution in [0.15, 0.2) is 17.1 Å². The number of fused-ring (bicyclic) bond motifs is 1. The van der Waals surface area contributed by atoms with Crippen molar-refractivity contribution in [3.8, 4) is 0 Å². The number of nitrogens with one attached hydrogen (secondary N) is 1. The van der Waals surface area contributed by atoms with E-state index in [0.29, 0.717) is 6.42 Å². The van der Waals surface area contributed by atoms with Crippen LogP contribution >= 0.6 is 0 Å². The lowest BCUT2D eigenvalue weighted by Crippen LogP contribution is -2.29. The largest absolute Gasteiger partial charge is 0.348 e. The minimum absolute atomic E-state index is 0.110. The molecule has 2 unspecified atom stereocenters. The molecule has 0 radical (unpaired) electrons. The van der Waals surface area contributed by atoms with Crippen LogP contribution in [0.3, 0.4) is 0 Å². The molecule has 0 saturated carbocycles. The molecule has 2 aliphatic rings. The fraction of sp³-hybridized carbons (Fsp3) is 0.429. The molecule has 3 heteroatoms. The minimum atomic E-state index is 0.110. The molecule has 10 heavy (non-hydrogen) atoms. The Hall–Kier alpha value is -1.12. The van der Waals surface area contributed by atoms with Gasteiger partial charge >= 0.3 is 0 Å². The van der Waals surface area contributed by atoms with Gasteiger partial charge in [0.25, 0.3) is 0 Å². The van der Waals surface area contributed by atoms with Crippen molar-refractivity contribution in [1.29, 1.82) is 0 Å². The molecule has 0 aromatic rings. The van der Waals surface area contributed by atoms with E-state index in [2.05, 4.69) is 10.3 Å². The van der Waals surface area contributed by atoms with Gasteiger partial charge in [-0.05, 0) is 6.08 Å². The molecule has 2 aliphatic heterocycles. The third-order valence-electron chi connectivity index (χ3n) is 1.82. The Morgan fingerprint density at radius 3 is 3.40 bits per heavy atom. The number of nitrogens with zero attached hydrogens (tertiary/aromatic N) is 1. The highest BCUT2D eigenvalue weighted by Crippen LogP contribution is 2.15. The number of hydrogen-bond donors (Lipinski definition) is 1. The molecule has 0 aliphatic carbocycles. The molecule has 2 heterocycles. The van der Waals surface area contributed by atoms with Crippen LogP contribution < -0.4 is 5.32 Å². The van der Waals surface area contributed by atoms with Gasteiger partial charge in [0.2, 0.25) is 5.91 Å². The Morgan fingerprint density at radius 1 is 1.70 bits per heavy atom. The van der Waals surface area contributed by atoms with Crippen molar-refractivity contribution in [2.24, 2.45) is 4.99 Å². The summed E-state index contributed by atoms with van der Waals surface area (Å²) in [4.78, 5) is 14.9. The lowest BCUT2D eigenvalue weighted by Gasteiger charge is -2.12. The van der Waals surface area contributed by atoms with E-state index in [-0.39, 0.29) is 18.0 Å². The zero-order valence-corrected chi connectivity index (χ0v) is 5.45. The summed E-state index contributed by atoms with van der Waals surface area (Å²) in [5, 5.41) is 2.82. The molecule has 3 nitrogen and oxygen atoms in total. The zero-order valence-electron chi connectivity index (χ0n) is 5.45. The number of allylic oxidation sites excluding steroid dienone is 1. The predicted octanol–water partition coefficient (Wildman–Crippen LogP) is -0.116. The molecule has 52 valence electrons. The van der Waals surface area contributed by atoms with Gasteiger partial charge in [-0.25, -0.2) is 0 Å². The van der Waals surface area contributed by atoms with E-state index in [1.54, 1.807) is 6.21 Å². The molecule has 2 rings (SSSR count). The standard InChI is InChI=1S/C7H8N2O/c10-7-4-6-5(9-7)2-1-3-8-6/h1-3,5-6H,4H2,(H,9,10). The van der Waals surface area contributed by atoms with Gasteiger partial charge in [0.05, 0.1) is 18.5 Å². The maximum Gasteiger partial charge on any atom is 0.222 e. The maximum absolute atomic E-state index is 10.8. The third-order valence-corrected chi connectivity index (χ3v) is 1.82. The molecule has 0 spiro atoms. The molecule has 1 amide bonds. The molecule has 0 aromatic heterocycles. The lowest BCUT2D eigenvalue weighted by atomic mass is 10.1. The van der Waals surface area contributed by atoms with Gasteiger partial charge in [0.15, 0.2) is 0 Å². The van der Waals surface area contributed by atoms with E-state index in [9.17, 15) is 4.79 Å². The molecule has 0 bridgehead atoms. The van der Waals surface area contributed by atoms with Gasteiger partial charge in [-0.2, -0.15) is 0 Å². The molecule has 2 atom stereocenters. The Balaban J connectivity index is 2.22. The first-order valence-electron chi connectivity index (χ1n) is 3.35. The van der Waals surface area contributed by atoms with Crippen molar-refractivity contribution in [3.63, 3.8) is 0 Å². The number of rotatable bonds is 0. The van der Waals surface area contributed by atoms with Crippen molar-refractivity contribution in [2.45, 2.75) is 18.5 Å². The summed E-state index contributed by atoms with van der Waals surface area (Å²) in [6.45, 7) is 0. The SMILES string of the molecule is O=C1CC2N=CC=CC2N1. The lowest BCUT2D eigenvalue weighted by molar-refractivity contribution is -0.119. The van der Waals surface area contributed by atoms with Crippen LogP contribution in [0.1, 0.15) is 6.42 Å². The molecule has 0 aromatic carbocycles. The Kier molecular flexibility index (Phi) is 1.09. The highest BCUT2D eigenvalue weighted by molar-refractivity contribution is 5.83. The van der Waals surface area contributed by atoms with Gasteiger partial charge in [-0.15, -0.1) is 0 Å². The highest BCUT2D eigenvalue weighted by Gasteiger charge is 2.30. The zero-order chi connectivity index (χ0) is 6.97. The van der Waals surface area contributed by atoms with Crippen LogP contribution in [0.5, 0.6) is 0 Å². The Labute approximate surface area is 58.8 Å². The first kappa shape index (κ1) is 5.65. The summed E-state index contributed by atoms with van der Waals surface area (Å²) < 4.78 is 0. The molecular weight excluding hydrogens is 128 g/mol. The fourth-order valence-corrected chi connectivity index (χ4v) is 1.31. The average molecular weight is 136 g/mol. The summed E-state index contributed by atoms with van der Waals surface area (Å²) in [6, 6.07) is 0.329. The molecule has 1 fully saturated rings. The van der Waals surface area contributed by atoms with E-state index in [1.807, 2.05) is 12.2 Å². The van der Waals surface area contributed by atoms with E-state index in [0.717, 1.165) is 0 Å². The summed E-state index contributed by atoms with van der Waals surface area (Å²) in [7, 11) is 0. The van der Waals surface area contributed by atoms with Crippen molar-refractivity contribution in [3.05, 3.63) is 12.2 Å². The van der Waals surface area contributed by atoms with Gasteiger partial charge in [-0.3, -0.25) is 9.79 Å². The third kappa shape index (κ3) is 0.744. The number of carbonyl (C=O) groups excluding carboxylic acids is 1. The minimum Gasteiger partial charge on any atom is -0.348 e. The van der Waals surface area contributed by atoms with E-state index >= 15 is 0 Å². The van der Waals surface area contributed by atoms with Gasteiger partial charge in [0, 0.05) is 6.21 Å². The predicted molar refractivity (Wildman–Crippen MR) is 38.0 cm³/mol. The van der Waals surface area contributed by atoms with E-state index < -0.39 is 0 Å². The highest BCUT2D eigenvalue weighted by atomic mass is 16.2. The van der Waals surface area contributed by atoms with Crippen molar-refractivity contribution in [1.82, 2.24) is 5.32 Å². The first-order chi connectivity index (χ1) is 4.86.